The lowest BCUT2D eigenvalue weighted by molar-refractivity contribution is -0.157. The minimum Gasteiger partial charge on any atom is -0.480 e. The van der Waals surface area contributed by atoms with Crippen molar-refractivity contribution in [3.8, 4) is 0 Å². The van der Waals surface area contributed by atoms with E-state index in [-0.39, 0.29) is 5.56 Å². The fourth-order valence-electron chi connectivity index (χ4n) is 2.20. The van der Waals surface area contributed by atoms with Crippen LogP contribution < -0.4 is 5.32 Å². The van der Waals surface area contributed by atoms with Crippen molar-refractivity contribution < 1.29 is 27.9 Å². The van der Waals surface area contributed by atoms with Crippen LogP contribution in [-0.2, 0) is 4.79 Å². The van der Waals surface area contributed by atoms with Crippen LogP contribution in [0.5, 0.6) is 0 Å². The van der Waals surface area contributed by atoms with Gasteiger partial charge in [-0.1, -0.05) is 17.7 Å². The van der Waals surface area contributed by atoms with Crippen molar-refractivity contribution in [3.63, 3.8) is 0 Å². The number of hydrogen-bond acceptors (Lipinski definition) is 2. The maximum absolute atomic E-state index is 12.3. The van der Waals surface area contributed by atoms with E-state index in [9.17, 15) is 22.8 Å². The van der Waals surface area contributed by atoms with Crippen LogP contribution in [0, 0.1) is 20.8 Å². The Morgan fingerprint density at radius 1 is 1.19 bits per heavy atom. The number of amides is 1. The van der Waals surface area contributed by atoms with Crippen molar-refractivity contribution >= 4 is 11.9 Å². The van der Waals surface area contributed by atoms with Gasteiger partial charge in [-0.05, 0) is 31.9 Å². The molecule has 0 fully saturated rings. The van der Waals surface area contributed by atoms with Crippen molar-refractivity contribution in [2.24, 2.45) is 0 Å². The van der Waals surface area contributed by atoms with E-state index in [2.05, 4.69) is 0 Å². The third-order valence-electron chi connectivity index (χ3n) is 2.94. The third kappa shape index (κ3) is 4.77. The Morgan fingerprint density at radius 3 is 2.05 bits per heavy atom. The van der Waals surface area contributed by atoms with Crippen LogP contribution in [0.1, 0.15) is 33.5 Å². The molecule has 1 aromatic carbocycles. The second kappa shape index (κ2) is 6.15. The highest BCUT2D eigenvalue weighted by atomic mass is 19.4. The predicted octanol–water partition coefficient (Wildman–Crippen LogP) is 2.75. The number of carboxylic acids is 1. The van der Waals surface area contributed by atoms with Crippen molar-refractivity contribution in [2.75, 3.05) is 0 Å². The monoisotopic (exact) mass is 303 g/mol. The van der Waals surface area contributed by atoms with Gasteiger partial charge in [-0.2, -0.15) is 13.2 Å². The number of carboxylic acid groups (broad SMARTS) is 1. The molecule has 0 aliphatic heterocycles. The van der Waals surface area contributed by atoms with Gasteiger partial charge in [-0.15, -0.1) is 0 Å². The molecule has 0 aromatic heterocycles. The van der Waals surface area contributed by atoms with Crippen molar-refractivity contribution in [3.05, 3.63) is 34.4 Å². The Labute approximate surface area is 120 Å². The van der Waals surface area contributed by atoms with E-state index in [1.807, 2.05) is 12.2 Å². The van der Waals surface area contributed by atoms with Gasteiger partial charge >= 0.3 is 12.1 Å². The zero-order valence-electron chi connectivity index (χ0n) is 11.8. The number of aryl methyl sites for hydroxylation is 3. The molecule has 116 valence electrons. The van der Waals surface area contributed by atoms with Gasteiger partial charge in [0.25, 0.3) is 5.91 Å². The fraction of sp³-hybridized carbons (Fsp3) is 0.429. The standard InChI is InChI=1S/C14H16F3NO3/c1-7-4-8(2)11(9(3)5-7)12(19)18-10(13(20)21)6-14(15,16)17/h4-5,10H,6H2,1-3H3,(H,18,19)(H,20,21). The van der Waals surface area contributed by atoms with E-state index in [0.717, 1.165) is 5.56 Å². The minimum atomic E-state index is -4.67. The molecular weight excluding hydrogens is 287 g/mol. The normalized spacial score (nSPS) is 12.9. The molecule has 1 unspecified atom stereocenters. The average molecular weight is 303 g/mol. The van der Waals surface area contributed by atoms with Crippen LogP contribution in [-0.4, -0.2) is 29.2 Å². The molecule has 0 aliphatic rings. The van der Waals surface area contributed by atoms with Gasteiger partial charge in [-0.3, -0.25) is 4.79 Å². The molecule has 21 heavy (non-hydrogen) atoms. The number of benzene rings is 1. The first-order valence-electron chi connectivity index (χ1n) is 6.19. The van der Waals surface area contributed by atoms with Gasteiger partial charge in [0, 0.05) is 5.56 Å². The topological polar surface area (TPSA) is 66.4 Å². The first-order chi connectivity index (χ1) is 9.51. The third-order valence-corrected chi connectivity index (χ3v) is 2.94. The molecule has 1 rings (SSSR count). The molecule has 2 N–H and O–H groups in total. The summed E-state index contributed by atoms with van der Waals surface area (Å²) in [6.45, 7) is 5.12. The van der Waals surface area contributed by atoms with E-state index in [4.69, 9.17) is 5.11 Å². The number of carbonyl (C=O) groups is 2. The Morgan fingerprint density at radius 2 is 1.67 bits per heavy atom. The molecule has 1 aromatic rings. The number of aliphatic carboxylic acids is 1. The van der Waals surface area contributed by atoms with E-state index < -0.39 is 30.5 Å². The molecule has 1 amide bonds. The molecule has 0 radical (unpaired) electrons. The summed E-state index contributed by atoms with van der Waals surface area (Å²) in [5, 5.41) is 10.7. The lowest BCUT2D eigenvalue weighted by Gasteiger charge is -2.18. The van der Waals surface area contributed by atoms with Gasteiger partial charge in [0.15, 0.2) is 0 Å². The molecule has 0 saturated carbocycles. The summed E-state index contributed by atoms with van der Waals surface area (Å²) in [7, 11) is 0. The number of nitrogens with one attached hydrogen (secondary N) is 1. The second-order valence-corrected chi connectivity index (χ2v) is 4.96. The lowest BCUT2D eigenvalue weighted by Crippen LogP contribution is -2.44. The quantitative estimate of drug-likeness (QED) is 0.899. The van der Waals surface area contributed by atoms with E-state index in [0.29, 0.717) is 11.1 Å². The SMILES string of the molecule is Cc1cc(C)c(C(=O)NC(CC(F)(F)F)C(=O)O)c(C)c1. The zero-order valence-corrected chi connectivity index (χ0v) is 11.8. The second-order valence-electron chi connectivity index (χ2n) is 4.96. The van der Waals surface area contributed by atoms with Crippen molar-refractivity contribution in [2.45, 2.75) is 39.4 Å². The van der Waals surface area contributed by atoms with Gasteiger partial charge in [0.2, 0.25) is 0 Å². The summed E-state index contributed by atoms with van der Waals surface area (Å²) >= 11 is 0. The van der Waals surface area contributed by atoms with Gasteiger partial charge < -0.3 is 10.4 Å². The smallest absolute Gasteiger partial charge is 0.391 e. The Bertz CT molecular complexity index is 544. The molecule has 0 spiro atoms. The number of hydrogen-bond donors (Lipinski definition) is 2. The molecular formula is C14H16F3NO3. The predicted molar refractivity (Wildman–Crippen MR) is 70.2 cm³/mol. The largest absolute Gasteiger partial charge is 0.480 e. The molecule has 4 nitrogen and oxygen atoms in total. The van der Waals surface area contributed by atoms with Crippen LogP contribution in [0.25, 0.3) is 0 Å². The lowest BCUT2D eigenvalue weighted by atomic mass is 9.99. The molecule has 0 saturated heterocycles. The Kier molecular flexibility index (Phi) is 4.98. The Hall–Kier alpha value is -2.05. The first-order valence-corrected chi connectivity index (χ1v) is 6.19. The van der Waals surface area contributed by atoms with Gasteiger partial charge in [0.05, 0.1) is 6.42 Å². The Balaban J connectivity index is 3.01. The highest BCUT2D eigenvalue weighted by Gasteiger charge is 2.36. The minimum absolute atomic E-state index is 0.203. The van der Waals surface area contributed by atoms with Gasteiger partial charge in [-0.25, -0.2) is 4.79 Å². The zero-order chi connectivity index (χ0) is 16.4. The summed E-state index contributed by atoms with van der Waals surface area (Å²) in [5.41, 5.74) is 2.28. The molecule has 7 heteroatoms. The van der Waals surface area contributed by atoms with E-state index in [1.54, 1.807) is 26.0 Å². The molecule has 0 bridgehead atoms. The van der Waals surface area contributed by atoms with Crippen LogP contribution >= 0.6 is 0 Å². The number of carbonyl (C=O) groups excluding carboxylic acids is 1. The average Bonchev–Trinajstić information content (AvgIpc) is 2.24. The van der Waals surface area contributed by atoms with Crippen LogP contribution in [0.3, 0.4) is 0 Å². The summed E-state index contributed by atoms with van der Waals surface area (Å²) in [4.78, 5) is 22.9. The van der Waals surface area contributed by atoms with Crippen molar-refractivity contribution in [1.29, 1.82) is 0 Å². The molecule has 1 atom stereocenters. The molecule has 0 heterocycles. The maximum atomic E-state index is 12.3. The number of rotatable bonds is 4. The van der Waals surface area contributed by atoms with Crippen molar-refractivity contribution in [1.82, 2.24) is 5.32 Å². The first kappa shape index (κ1) is 17.0. The number of halogens is 3. The van der Waals surface area contributed by atoms with Crippen LogP contribution in [0.4, 0.5) is 13.2 Å². The summed E-state index contributed by atoms with van der Waals surface area (Å²) in [6, 6.07) is 1.42. The van der Waals surface area contributed by atoms with E-state index in [1.165, 1.54) is 0 Å². The fourth-order valence-corrected chi connectivity index (χ4v) is 2.20. The maximum Gasteiger partial charge on any atom is 0.391 e. The number of alkyl halides is 3. The van der Waals surface area contributed by atoms with Gasteiger partial charge in [0.1, 0.15) is 6.04 Å². The molecule has 0 aliphatic carbocycles. The van der Waals surface area contributed by atoms with Crippen LogP contribution in [0.2, 0.25) is 0 Å². The van der Waals surface area contributed by atoms with E-state index >= 15 is 0 Å². The summed E-state index contributed by atoms with van der Waals surface area (Å²) in [5.74, 6) is -2.54. The highest BCUT2D eigenvalue weighted by Crippen LogP contribution is 2.22. The highest BCUT2D eigenvalue weighted by molar-refractivity contribution is 5.99. The summed E-state index contributed by atoms with van der Waals surface area (Å²) in [6.07, 6.45) is -6.29. The summed E-state index contributed by atoms with van der Waals surface area (Å²) < 4.78 is 36.9. The van der Waals surface area contributed by atoms with Crippen LogP contribution in [0.15, 0.2) is 12.1 Å².